The Morgan fingerprint density at radius 1 is 1.33 bits per heavy atom. The third-order valence-corrected chi connectivity index (χ3v) is 4.36. The molecule has 4 heteroatoms. The minimum absolute atomic E-state index is 1.07. The monoisotopic (exact) mass is 234 g/mol. The van der Waals surface area contributed by atoms with E-state index in [2.05, 4.69) is 46.3 Å². The van der Waals surface area contributed by atoms with E-state index in [-0.39, 0.29) is 0 Å². The van der Waals surface area contributed by atoms with E-state index in [1.165, 1.54) is 16.1 Å². The Balaban J connectivity index is 2.24. The van der Waals surface area contributed by atoms with Crippen molar-refractivity contribution in [3.05, 3.63) is 33.6 Å². The van der Waals surface area contributed by atoms with Crippen LogP contribution in [-0.2, 0) is 0 Å². The lowest BCUT2D eigenvalue weighted by Crippen LogP contribution is -1.81. The van der Waals surface area contributed by atoms with Gasteiger partial charge in [0.25, 0.3) is 0 Å². The standard InChI is InChI=1S/C11H10N2S2/c1-7-8(2)15-11-12-10(5-13(7)11)9-3-4-14-6-9/h3-6H,1-2H3. The van der Waals surface area contributed by atoms with Crippen molar-refractivity contribution in [3.63, 3.8) is 0 Å². The van der Waals surface area contributed by atoms with Crippen LogP contribution in [0.5, 0.6) is 0 Å². The second-order valence-corrected chi connectivity index (χ2v) is 5.50. The van der Waals surface area contributed by atoms with Gasteiger partial charge in [0.1, 0.15) is 0 Å². The average molecular weight is 234 g/mol. The lowest BCUT2D eigenvalue weighted by molar-refractivity contribution is 1.11. The van der Waals surface area contributed by atoms with E-state index < -0.39 is 0 Å². The summed E-state index contributed by atoms with van der Waals surface area (Å²) >= 11 is 3.46. The van der Waals surface area contributed by atoms with Crippen LogP contribution in [-0.4, -0.2) is 9.38 Å². The summed E-state index contributed by atoms with van der Waals surface area (Å²) in [7, 11) is 0. The largest absolute Gasteiger partial charge is 0.294 e. The maximum Gasteiger partial charge on any atom is 0.194 e. The highest BCUT2D eigenvalue weighted by Gasteiger charge is 2.09. The Labute approximate surface area is 95.8 Å². The van der Waals surface area contributed by atoms with E-state index in [4.69, 9.17) is 0 Å². The van der Waals surface area contributed by atoms with Gasteiger partial charge in [0, 0.05) is 27.7 Å². The summed E-state index contributed by atoms with van der Waals surface area (Å²) in [4.78, 5) is 7.06. The molecule has 0 unspecified atom stereocenters. The van der Waals surface area contributed by atoms with Crippen molar-refractivity contribution in [2.75, 3.05) is 0 Å². The van der Waals surface area contributed by atoms with Gasteiger partial charge in [0.05, 0.1) is 5.69 Å². The first-order chi connectivity index (χ1) is 7.25. The number of imidazole rings is 1. The molecule has 0 atom stereocenters. The van der Waals surface area contributed by atoms with Crippen molar-refractivity contribution in [1.82, 2.24) is 9.38 Å². The zero-order valence-corrected chi connectivity index (χ0v) is 10.2. The molecule has 76 valence electrons. The highest BCUT2D eigenvalue weighted by molar-refractivity contribution is 7.17. The number of nitrogens with zero attached hydrogens (tertiary/aromatic N) is 2. The molecule has 15 heavy (non-hydrogen) atoms. The number of thiophene rings is 1. The Kier molecular flexibility index (Phi) is 1.94. The first-order valence-electron chi connectivity index (χ1n) is 4.73. The predicted molar refractivity (Wildman–Crippen MR) is 65.9 cm³/mol. The normalized spacial score (nSPS) is 11.3. The third-order valence-electron chi connectivity index (χ3n) is 2.61. The molecule has 0 fully saturated rings. The van der Waals surface area contributed by atoms with E-state index in [0.717, 1.165) is 10.7 Å². The second kappa shape index (κ2) is 3.18. The van der Waals surface area contributed by atoms with Crippen LogP contribution < -0.4 is 0 Å². The van der Waals surface area contributed by atoms with Crippen LogP contribution in [0.4, 0.5) is 0 Å². The number of hydrogen-bond acceptors (Lipinski definition) is 3. The maximum atomic E-state index is 4.62. The number of fused-ring (bicyclic) bond motifs is 1. The van der Waals surface area contributed by atoms with Gasteiger partial charge in [0.2, 0.25) is 0 Å². The Bertz CT molecular complexity index is 602. The molecule has 2 nitrogen and oxygen atoms in total. The second-order valence-electron chi connectivity index (χ2n) is 3.53. The Morgan fingerprint density at radius 3 is 2.87 bits per heavy atom. The number of rotatable bonds is 1. The van der Waals surface area contributed by atoms with Crippen molar-refractivity contribution in [1.29, 1.82) is 0 Å². The van der Waals surface area contributed by atoms with Gasteiger partial charge in [0.15, 0.2) is 4.96 Å². The summed E-state index contributed by atoms with van der Waals surface area (Å²) in [5.41, 5.74) is 3.59. The number of hydrogen-bond donors (Lipinski definition) is 0. The fourth-order valence-corrected chi connectivity index (χ4v) is 3.21. The third kappa shape index (κ3) is 1.33. The number of aryl methyl sites for hydroxylation is 2. The summed E-state index contributed by atoms with van der Waals surface area (Å²) in [6.07, 6.45) is 2.12. The molecular weight excluding hydrogens is 224 g/mol. The van der Waals surface area contributed by atoms with Gasteiger partial charge in [-0.2, -0.15) is 11.3 Å². The van der Waals surface area contributed by atoms with Crippen molar-refractivity contribution in [2.45, 2.75) is 13.8 Å². The topological polar surface area (TPSA) is 17.3 Å². The van der Waals surface area contributed by atoms with E-state index >= 15 is 0 Å². The molecule has 3 heterocycles. The van der Waals surface area contributed by atoms with Gasteiger partial charge >= 0.3 is 0 Å². The summed E-state index contributed by atoms with van der Waals surface area (Å²) in [6, 6.07) is 2.11. The Morgan fingerprint density at radius 2 is 2.20 bits per heavy atom. The van der Waals surface area contributed by atoms with Crippen LogP contribution in [0.3, 0.4) is 0 Å². The van der Waals surface area contributed by atoms with E-state index in [1.807, 2.05) is 0 Å². The van der Waals surface area contributed by atoms with Crippen molar-refractivity contribution >= 4 is 27.6 Å². The van der Waals surface area contributed by atoms with Gasteiger partial charge in [-0.3, -0.25) is 4.40 Å². The van der Waals surface area contributed by atoms with Gasteiger partial charge < -0.3 is 0 Å². The molecule has 0 aliphatic carbocycles. The highest BCUT2D eigenvalue weighted by atomic mass is 32.1. The van der Waals surface area contributed by atoms with Gasteiger partial charge in [-0.1, -0.05) is 0 Å². The van der Waals surface area contributed by atoms with Crippen LogP contribution in [0.1, 0.15) is 10.6 Å². The van der Waals surface area contributed by atoms with Crippen LogP contribution in [0.25, 0.3) is 16.2 Å². The van der Waals surface area contributed by atoms with Crippen LogP contribution in [0, 0.1) is 13.8 Å². The molecule has 0 N–H and O–H groups in total. The highest BCUT2D eigenvalue weighted by Crippen LogP contribution is 2.27. The zero-order valence-electron chi connectivity index (χ0n) is 8.52. The summed E-state index contributed by atoms with van der Waals surface area (Å²) in [6.45, 7) is 4.27. The van der Waals surface area contributed by atoms with E-state index in [1.54, 1.807) is 22.7 Å². The number of thiazole rings is 1. The molecule has 3 rings (SSSR count). The summed E-state index contributed by atoms with van der Waals surface area (Å²) in [5.74, 6) is 0. The fraction of sp³-hybridized carbons (Fsp3) is 0.182. The number of aromatic nitrogens is 2. The smallest absolute Gasteiger partial charge is 0.194 e. The average Bonchev–Trinajstić information content (AvgIpc) is 2.86. The predicted octanol–water partition coefficient (Wildman–Crippen LogP) is 3.74. The molecule has 0 saturated carbocycles. The first kappa shape index (κ1) is 9.12. The molecule has 3 aromatic rings. The minimum atomic E-state index is 1.07. The molecular formula is C11H10N2S2. The molecule has 0 aliphatic heterocycles. The first-order valence-corrected chi connectivity index (χ1v) is 6.49. The molecule has 0 spiro atoms. The summed E-state index contributed by atoms with van der Waals surface area (Å²) < 4.78 is 2.17. The quantitative estimate of drug-likeness (QED) is 0.627. The van der Waals surface area contributed by atoms with Crippen molar-refractivity contribution in [2.24, 2.45) is 0 Å². The summed E-state index contributed by atoms with van der Waals surface area (Å²) in [5, 5.41) is 4.22. The molecule has 3 aromatic heterocycles. The fourth-order valence-electron chi connectivity index (χ4n) is 1.61. The lowest BCUT2D eigenvalue weighted by atomic mass is 10.3. The molecule has 0 radical (unpaired) electrons. The minimum Gasteiger partial charge on any atom is -0.294 e. The van der Waals surface area contributed by atoms with E-state index in [9.17, 15) is 0 Å². The maximum absolute atomic E-state index is 4.62. The SMILES string of the molecule is Cc1sc2nc(-c3ccsc3)cn2c1C. The van der Waals surface area contributed by atoms with Crippen LogP contribution >= 0.6 is 22.7 Å². The zero-order chi connectivity index (χ0) is 10.4. The molecule has 0 aromatic carbocycles. The van der Waals surface area contributed by atoms with Crippen molar-refractivity contribution in [3.8, 4) is 11.3 Å². The van der Waals surface area contributed by atoms with E-state index in [0.29, 0.717) is 0 Å². The van der Waals surface area contributed by atoms with Gasteiger partial charge in [-0.15, -0.1) is 11.3 Å². The van der Waals surface area contributed by atoms with Crippen molar-refractivity contribution < 1.29 is 0 Å². The molecule has 0 amide bonds. The van der Waals surface area contributed by atoms with Gasteiger partial charge in [-0.25, -0.2) is 4.98 Å². The van der Waals surface area contributed by atoms with Gasteiger partial charge in [-0.05, 0) is 25.3 Å². The van der Waals surface area contributed by atoms with Crippen LogP contribution in [0.15, 0.2) is 23.0 Å². The molecule has 0 aliphatic rings. The lowest BCUT2D eigenvalue weighted by Gasteiger charge is -1.90. The Hall–Kier alpha value is -1.13. The molecule has 0 saturated heterocycles. The molecule has 0 bridgehead atoms. The van der Waals surface area contributed by atoms with Crippen LogP contribution in [0.2, 0.25) is 0 Å².